The molecule has 2 unspecified atom stereocenters. The number of ether oxygens (including phenoxy) is 3. The fraction of sp³-hybridized carbons (Fsp3) is 0.667. The maximum atomic E-state index is 6.66. The van der Waals surface area contributed by atoms with Crippen LogP contribution in [-0.2, 0) is 35.2 Å². The van der Waals surface area contributed by atoms with Crippen molar-refractivity contribution in [2.24, 2.45) is 0 Å². The van der Waals surface area contributed by atoms with E-state index < -0.39 is 0 Å². The summed E-state index contributed by atoms with van der Waals surface area (Å²) in [4.78, 5) is 0. The highest BCUT2D eigenvalue weighted by atomic mass is 16.6. The van der Waals surface area contributed by atoms with E-state index in [1.807, 2.05) is 0 Å². The minimum atomic E-state index is 0.352. The van der Waals surface area contributed by atoms with E-state index in [-0.39, 0.29) is 0 Å². The average molecular weight is 535 g/mol. The van der Waals surface area contributed by atoms with Crippen LogP contribution in [0.2, 0.25) is 0 Å². The summed E-state index contributed by atoms with van der Waals surface area (Å²) in [5.74, 6) is 1.98. The first kappa shape index (κ1) is 30.1. The number of hydrogen-bond acceptors (Lipinski definition) is 3. The molecule has 2 aromatic carbocycles. The lowest BCUT2D eigenvalue weighted by Crippen LogP contribution is -2.02. The fourth-order valence-electron chi connectivity index (χ4n) is 5.65. The Morgan fingerprint density at radius 3 is 1.33 bits per heavy atom. The van der Waals surface area contributed by atoms with Gasteiger partial charge in [0.05, 0.1) is 25.4 Å². The van der Waals surface area contributed by atoms with Crippen LogP contribution in [0.3, 0.4) is 0 Å². The summed E-state index contributed by atoms with van der Waals surface area (Å²) in [6.45, 7) is 6.32. The van der Waals surface area contributed by atoms with E-state index in [0.29, 0.717) is 12.2 Å². The molecule has 0 aromatic heterocycles. The molecule has 0 bridgehead atoms. The Morgan fingerprint density at radius 1 is 0.564 bits per heavy atom. The van der Waals surface area contributed by atoms with Crippen molar-refractivity contribution < 1.29 is 14.2 Å². The van der Waals surface area contributed by atoms with Gasteiger partial charge in [-0.05, 0) is 60.1 Å². The summed E-state index contributed by atoms with van der Waals surface area (Å²) in [6, 6.07) is 13.7. The Labute approximate surface area is 239 Å². The molecule has 0 saturated carbocycles. The topological polar surface area (TPSA) is 34.3 Å². The molecule has 0 N–H and O–H groups in total. The third-order valence-corrected chi connectivity index (χ3v) is 8.31. The number of aryl methyl sites for hydroxylation is 2. The summed E-state index contributed by atoms with van der Waals surface area (Å²) in [7, 11) is 0. The van der Waals surface area contributed by atoms with Crippen LogP contribution in [0.5, 0.6) is 11.5 Å². The van der Waals surface area contributed by atoms with E-state index in [0.717, 1.165) is 50.4 Å². The maximum Gasteiger partial charge on any atom is 0.130 e. The molecule has 0 spiro atoms. The molecule has 4 rings (SSSR count). The molecular weight excluding hydrogens is 480 g/mol. The Bertz CT molecular complexity index is 882. The van der Waals surface area contributed by atoms with Gasteiger partial charge in [-0.2, -0.15) is 0 Å². The second-order valence-electron chi connectivity index (χ2n) is 12.0. The molecule has 2 aromatic rings. The predicted octanol–water partition coefficient (Wildman–Crippen LogP) is 9.95. The molecule has 2 saturated heterocycles. The standard InChI is InChI=1S/C36H54O3/c1-3-5-7-9-11-13-15-17-29-19-21-35(31(23-29)25-33-27-37-33)39-36-22-20-30(24-32(36)26-34-28-38-34)18-16-14-12-10-8-6-4-2/h19-24,33-34H,3-18,25-28H2,1-2H3. The molecule has 39 heavy (non-hydrogen) atoms. The van der Waals surface area contributed by atoms with Gasteiger partial charge in [-0.15, -0.1) is 0 Å². The first-order valence-corrected chi connectivity index (χ1v) is 16.4. The first-order chi connectivity index (χ1) is 19.2. The quantitative estimate of drug-likeness (QED) is 0.111. The van der Waals surface area contributed by atoms with Gasteiger partial charge in [0, 0.05) is 12.8 Å². The Balaban J connectivity index is 1.34. The van der Waals surface area contributed by atoms with Gasteiger partial charge in [0.2, 0.25) is 0 Å². The SMILES string of the molecule is CCCCCCCCCc1ccc(Oc2ccc(CCCCCCCCC)cc2CC2CO2)c(CC2CO2)c1. The van der Waals surface area contributed by atoms with Crippen LogP contribution in [0.4, 0.5) is 0 Å². The van der Waals surface area contributed by atoms with E-state index in [1.165, 1.54) is 112 Å². The van der Waals surface area contributed by atoms with Crippen LogP contribution in [0.1, 0.15) is 126 Å². The van der Waals surface area contributed by atoms with Crippen LogP contribution < -0.4 is 4.74 Å². The number of hydrogen-bond donors (Lipinski definition) is 0. The lowest BCUT2D eigenvalue weighted by Gasteiger charge is -2.16. The van der Waals surface area contributed by atoms with Gasteiger partial charge >= 0.3 is 0 Å². The molecule has 3 nitrogen and oxygen atoms in total. The van der Waals surface area contributed by atoms with Crippen LogP contribution in [0, 0.1) is 0 Å². The number of epoxide rings is 2. The van der Waals surface area contributed by atoms with Gasteiger partial charge in [-0.1, -0.05) is 115 Å². The van der Waals surface area contributed by atoms with Crippen LogP contribution >= 0.6 is 0 Å². The van der Waals surface area contributed by atoms with Crippen molar-refractivity contribution in [3.05, 3.63) is 58.7 Å². The van der Waals surface area contributed by atoms with Crippen LogP contribution in [0.25, 0.3) is 0 Å². The molecule has 2 aliphatic rings. The van der Waals surface area contributed by atoms with E-state index in [9.17, 15) is 0 Å². The average Bonchev–Trinajstić information content (AvgIpc) is 3.88. The van der Waals surface area contributed by atoms with Crippen LogP contribution in [0.15, 0.2) is 36.4 Å². The highest BCUT2D eigenvalue weighted by molar-refractivity contribution is 5.45. The van der Waals surface area contributed by atoms with Crippen molar-refractivity contribution in [2.75, 3.05) is 13.2 Å². The second-order valence-corrected chi connectivity index (χ2v) is 12.0. The van der Waals surface area contributed by atoms with Crippen molar-refractivity contribution in [3.63, 3.8) is 0 Å². The van der Waals surface area contributed by atoms with Gasteiger partial charge in [-0.25, -0.2) is 0 Å². The zero-order valence-corrected chi connectivity index (χ0v) is 25.0. The van der Waals surface area contributed by atoms with E-state index in [1.54, 1.807) is 0 Å². The lowest BCUT2D eigenvalue weighted by molar-refractivity contribution is 0.398. The molecule has 2 fully saturated rings. The van der Waals surface area contributed by atoms with Gasteiger partial charge in [0.1, 0.15) is 11.5 Å². The lowest BCUT2D eigenvalue weighted by atomic mass is 9.99. The molecule has 3 heteroatoms. The van der Waals surface area contributed by atoms with Crippen molar-refractivity contribution in [1.82, 2.24) is 0 Å². The highest BCUT2D eigenvalue weighted by Crippen LogP contribution is 2.34. The van der Waals surface area contributed by atoms with E-state index >= 15 is 0 Å². The molecule has 2 atom stereocenters. The first-order valence-electron chi connectivity index (χ1n) is 16.4. The number of rotatable bonds is 22. The fourth-order valence-corrected chi connectivity index (χ4v) is 5.65. The van der Waals surface area contributed by atoms with E-state index in [4.69, 9.17) is 14.2 Å². The summed E-state index contributed by atoms with van der Waals surface area (Å²) >= 11 is 0. The monoisotopic (exact) mass is 534 g/mol. The summed E-state index contributed by atoms with van der Waals surface area (Å²) in [6.07, 6.45) is 23.8. The van der Waals surface area contributed by atoms with Crippen molar-refractivity contribution in [1.29, 1.82) is 0 Å². The van der Waals surface area contributed by atoms with Crippen molar-refractivity contribution in [3.8, 4) is 11.5 Å². The smallest absolute Gasteiger partial charge is 0.130 e. The van der Waals surface area contributed by atoms with Crippen LogP contribution in [-0.4, -0.2) is 25.4 Å². The zero-order chi connectivity index (χ0) is 27.1. The largest absolute Gasteiger partial charge is 0.457 e. The third kappa shape index (κ3) is 11.7. The minimum Gasteiger partial charge on any atom is -0.457 e. The molecular formula is C36H54O3. The molecule has 0 radical (unpaired) electrons. The van der Waals surface area contributed by atoms with Crippen molar-refractivity contribution >= 4 is 0 Å². The third-order valence-electron chi connectivity index (χ3n) is 8.31. The van der Waals surface area contributed by atoms with E-state index in [2.05, 4.69) is 50.2 Å². The predicted molar refractivity (Wildman–Crippen MR) is 163 cm³/mol. The van der Waals surface area contributed by atoms with Crippen molar-refractivity contribution in [2.45, 2.75) is 142 Å². The summed E-state index contributed by atoms with van der Waals surface area (Å²) < 4.78 is 17.9. The molecule has 0 aliphatic carbocycles. The van der Waals surface area contributed by atoms with Gasteiger partial charge in [0.15, 0.2) is 0 Å². The highest BCUT2D eigenvalue weighted by Gasteiger charge is 2.26. The second kappa shape index (κ2) is 17.1. The Morgan fingerprint density at radius 2 is 0.949 bits per heavy atom. The maximum absolute atomic E-state index is 6.66. The van der Waals surface area contributed by atoms with Gasteiger partial charge in [-0.3, -0.25) is 0 Å². The summed E-state index contributed by atoms with van der Waals surface area (Å²) in [5.41, 5.74) is 5.45. The van der Waals surface area contributed by atoms with Gasteiger partial charge < -0.3 is 14.2 Å². The van der Waals surface area contributed by atoms with Gasteiger partial charge in [0.25, 0.3) is 0 Å². The number of benzene rings is 2. The zero-order valence-electron chi connectivity index (χ0n) is 25.0. The molecule has 2 aliphatic heterocycles. The normalized spacial score (nSPS) is 17.9. The molecule has 2 heterocycles. The molecule has 0 amide bonds. The Hall–Kier alpha value is -1.84. The summed E-state index contributed by atoms with van der Waals surface area (Å²) in [5, 5.41) is 0. The number of unbranched alkanes of at least 4 members (excludes halogenated alkanes) is 12. The molecule has 216 valence electrons. The Kier molecular flexibility index (Phi) is 13.2. The minimum absolute atomic E-state index is 0.352.